The van der Waals surface area contributed by atoms with Gasteiger partial charge in [-0.3, -0.25) is 4.79 Å². The molecule has 0 aliphatic heterocycles. The van der Waals surface area contributed by atoms with Crippen LogP contribution in [0.1, 0.15) is 28.6 Å². The minimum absolute atomic E-state index is 0.113. The lowest BCUT2D eigenvalue weighted by Crippen LogP contribution is -2.23. The summed E-state index contributed by atoms with van der Waals surface area (Å²) >= 11 is 14.6. The smallest absolute Gasteiger partial charge is 0.258 e. The molecular weight excluding hydrogens is 516 g/mol. The Bertz CT molecular complexity index is 1060. The van der Waals surface area contributed by atoms with Crippen molar-refractivity contribution in [3.05, 3.63) is 57.3 Å². The van der Waals surface area contributed by atoms with E-state index in [-0.39, 0.29) is 15.6 Å². The number of amides is 1. The summed E-state index contributed by atoms with van der Waals surface area (Å²) in [5, 5.41) is 14.6. The molecule has 1 unspecified atom stereocenters. The second kappa shape index (κ2) is 8.10. The van der Waals surface area contributed by atoms with Gasteiger partial charge < -0.3 is 19.6 Å². The van der Waals surface area contributed by atoms with Crippen LogP contribution in [-0.4, -0.2) is 22.6 Å². The normalized spacial score (nSPS) is 13.4. The second-order valence-electron chi connectivity index (χ2n) is 6.52. The van der Waals surface area contributed by atoms with Gasteiger partial charge in [-0.1, -0.05) is 57.9 Å². The molecule has 0 bridgehead atoms. The fourth-order valence-corrected chi connectivity index (χ4v) is 4.16. The summed E-state index contributed by atoms with van der Waals surface area (Å²) in [6.07, 6.45) is 0. The molecule has 0 aliphatic rings. The first-order valence-electron chi connectivity index (χ1n) is 8.35. The van der Waals surface area contributed by atoms with Crippen molar-refractivity contribution in [3.63, 3.8) is 0 Å². The summed E-state index contributed by atoms with van der Waals surface area (Å²) < 4.78 is 11.5. The van der Waals surface area contributed by atoms with E-state index >= 15 is 0 Å². The lowest BCUT2D eigenvalue weighted by molar-refractivity contribution is 0.0868. The second-order valence-corrected chi connectivity index (χ2v) is 8.06. The fourth-order valence-electron chi connectivity index (χ4n) is 3.16. The first-order valence-corrected chi connectivity index (χ1v) is 10.6. The first-order chi connectivity index (χ1) is 13.2. The number of aryl methyl sites for hydroxylation is 1. The van der Waals surface area contributed by atoms with Crippen LogP contribution in [0.3, 0.4) is 0 Å². The number of rotatable bonds is 5. The van der Waals surface area contributed by atoms with E-state index in [0.29, 0.717) is 32.8 Å². The van der Waals surface area contributed by atoms with Gasteiger partial charge in [0.25, 0.3) is 5.91 Å². The Morgan fingerprint density at radius 2 is 2.04 bits per heavy atom. The standard InChI is InChI=1S/C20H18Cl2INO4/c1-10-16(20(2,26)9-23)11-5-4-6-13(18(11)28-10)24-19(25)15-12(21)7-8-14(27-3)17(15)22/h4-8,26H,9H2,1-3H3,(H,24,25). The van der Waals surface area contributed by atoms with Crippen molar-refractivity contribution < 1.29 is 19.1 Å². The molecule has 28 heavy (non-hydrogen) atoms. The van der Waals surface area contributed by atoms with Gasteiger partial charge in [-0.15, -0.1) is 0 Å². The zero-order chi connectivity index (χ0) is 20.6. The topological polar surface area (TPSA) is 71.7 Å². The van der Waals surface area contributed by atoms with E-state index in [0.717, 1.165) is 5.39 Å². The summed E-state index contributed by atoms with van der Waals surface area (Å²) in [7, 11) is 1.46. The Hall–Kier alpha value is -1.48. The first kappa shape index (κ1) is 21.2. The molecule has 0 saturated heterocycles. The SMILES string of the molecule is COc1ccc(Cl)c(C(=O)Nc2cccc3c(C(C)(O)CI)c(C)oc23)c1Cl. The summed E-state index contributed by atoms with van der Waals surface area (Å²) in [4.78, 5) is 12.9. The van der Waals surface area contributed by atoms with Crippen LogP contribution in [0.2, 0.25) is 10.0 Å². The van der Waals surface area contributed by atoms with Crippen LogP contribution in [0.5, 0.6) is 5.75 Å². The molecule has 0 saturated carbocycles. The fraction of sp³-hybridized carbons (Fsp3) is 0.250. The minimum Gasteiger partial charge on any atom is -0.495 e. The molecule has 1 heterocycles. The van der Waals surface area contributed by atoms with Crippen molar-refractivity contribution >= 4 is 68.4 Å². The highest BCUT2D eigenvalue weighted by Gasteiger charge is 2.30. The van der Waals surface area contributed by atoms with Gasteiger partial charge in [0.15, 0.2) is 5.58 Å². The van der Waals surface area contributed by atoms with Gasteiger partial charge in [0, 0.05) is 15.4 Å². The van der Waals surface area contributed by atoms with Gasteiger partial charge in [0.1, 0.15) is 11.5 Å². The number of carbonyl (C=O) groups is 1. The molecule has 148 valence electrons. The number of furan rings is 1. The number of ether oxygens (including phenoxy) is 1. The number of alkyl halides is 1. The molecule has 2 N–H and O–H groups in total. The van der Waals surface area contributed by atoms with Gasteiger partial charge in [-0.25, -0.2) is 0 Å². The molecule has 0 radical (unpaired) electrons. The Morgan fingerprint density at radius 3 is 2.68 bits per heavy atom. The number of hydrogen-bond acceptors (Lipinski definition) is 4. The number of fused-ring (bicyclic) bond motifs is 1. The van der Waals surface area contributed by atoms with Gasteiger partial charge >= 0.3 is 0 Å². The highest BCUT2D eigenvalue weighted by Crippen LogP contribution is 2.39. The van der Waals surface area contributed by atoms with Crippen LogP contribution < -0.4 is 10.1 Å². The number of anilines is 1. The van der Waals surface area contributed by atoms with Crippen molar-refractivity contribution in [3.8, 4) is 5.75 Å². The van der Waals surface area contributed by atoms with Gasteiger partial charge in [-0.2, -0.15) is 0 Å². The molecule has 0 spiro atoms. The number of methoxy groups -OCH3 is 1. The van der Waals surface area contributed by atoms with Crippen molar-refractivity contribution in [1.82, 2.24) is 0 Å². The van der Waals surface area contributed by atoms with Gasteiger partial charge in [0.2, 0.25) is 0 Å². The molecule has 2 aromatic carbocycles. The molecule has 3 rings (SSSR count). The van der Waals surface area contributed by atoms with E-state index in [1.54, 1.807) is 38.1 Å². The zero-order valence-corrected chi connectivity index (χ0v) is 19.1. The van der Waals surface area contributed by atoms with E-state index in [1.807, 2.05) is 6.07 Å². The van der Waals surface area contributed by atoms with E-state index in [1.165, 1.54) is 7.11 Å². The Morgan fingerprint density at radius 1 is 1.32 bits per heavy atom. The molecule has 0 aliphatic carbocycles. The highest BCUT2D eigenvalue weighted by atomic mass is 127. The van der Waals surface area contributed by atoms with Crippen molar-refractivity contribution in [2.75, 3.05) is 16.9 Å². The maximum Gasteiger partial charge on any atom is 0.258 e. The number of carbonyl (C=O) groups excluding carboxylic acids is 1. The molecule has 1 amide bonds. The largest absolute Gasteiger partial charge is 0.495 e. The van der Waals surface area contributed by atoms with Crippen LogP contribution >= 0.6 is 45.8 Å². The Balaban J connectivity index is 2.07. The molecule has 8 heteroatoms. The number of hydrogen-bond donors (Lipinski definition) is 2. The number of nitrogens with one attached hydrogen (secondary N) is 1. The highest BCUT2D eigenvalue weighted by molar-refractivity contribution is 14.1. The third kappa shape index (κ3) is 3.70. The Labute approximate surface area is 186 Å². The van der Waals surface area contributed by atoms with Crippen LogP contribution in [0.4, 0.5) is 5.69 Å². The van der Waals surface area contributed by atoms with Crippen molar-refractivity contribution in [1.29, 1.82) is 0 Å². The maximum atomic E-state index is 12.9. The number of halogens is 3. The third-order valence-electron chi connectivity index (χ3n) is 4.44. The Kier molecular flexibility index (Phi) is 6.14. The molecule has 5 nitrogen and oxygen atoms in total. The summed E-state index contributed by atoms with van der Waals surface area (Å²) in [5.41, 5.74) is 0.686. The van der Waals surface area contributed by atoms with Crippen LogP contribution in [0.15, 0.2) is 34.7 Å². The number of para-hydroxylation sites is 1. The van der Waals surface area contributed by atoms with Crippen molar-refractivity contribution in [2.45, 2.75) is 19.4 Å². The van der Waals surface area contributed by atoms with Crippen LogP contribution in [-0.2, 0) is 5.60 Å². The number of aliphatic hydroxyl groups is 1. The monoisotopic (exact) mass is 533 g/mol. The van der Waals surface area contributed by atoms with Gasteiger partial charge in [-0.05, 0) is 32.0 Å². The van der Waals surface area contributed by atoms with Crippen LogP contribution in [0.25, 0.3) is 11.0 Å². The molecular formula is C20H18Cl2INO4. The summed E-state index contributed by atoms with van der Waals surface area (Å²) in [5.74, 6) is 0.456. The summed E-state index contributed by atoms with van der Waals surface area (Å²) in [6, 6.07) is 8.50. The predicted octanol–water partition coefficient (Wildman–Crippen LogP) is 5.95. The summed E-state index contributed by atoms with van der Waals surface area (Å²) in [6.45, 7) is 3.52. The zero-order valence-electron chi connectivity index (χ0n) is 15.4. The van der Waals surface area contributed by atoms with E-state index in [9.17, 15) is 9.90 Å². The molecule has 0 fully saturated rings. The van der Waals surface area contributed by atoms with E-state index < -0.39 is 11.5 Å². The van der Waals surface area contributed by atoms with Crippen molar-refractivity contribution in [2.24, 2.45) is 0 Å². The van der Waals surface area contributed by atoms with Gasteiger partial charge in [0.05, 0.1) is 34.0 Å². The third-order valence-corrected chi connectivity index (χ3v) is 6.62. The van der Waals surface area contributed by atoms with E-state index in [4.69, 9.17) is 32.4 Å². The lowest BCUT2D eigenvalue weighted by Gasteiger charge is -2.20. The molecule has 3 aromatic rings. The molecule has 1 atom stereocenters. The maximum absolute atomic E-state index is 12.9. The van der Waals surface area contributed by atoms with E-state index in [2.05, 4.69) is 27.9 Å². The molecule has 1 aromatic heterocycles. The lowest BCUT2D eigenvalue weighted by atomic mass is 9.95. The minimum atomic E-state index is -1.06. The quantitative estimate of drug-likeness (QED) is 0.314. The average molecular weight is 534 g/mol. The average Bonchev–Trinajstić information content (AvgIpc) is 2.99. The van der Waals surface area contributed by atoms with Crippen LogP contribution in [0, 0.1) is 6.92 Å². The number of benzene rings is 2. The predicted molar refractivity (Wildman–Crippen MR) is 120 cm³/mol.